The molecule has 39 heavy (non-hydrogen) atoms. The summed E-state index contributed by atoms with van der Waals surface area (Å²) in [6, 6.07) is 17.9. The van der Waals surface area contributed by atoms with Gasteiger partial charge in [0.25, 0.3) is 0 Å². The van der Waals surface area contributed by atoms with E-state index < -0.39 is 5.60 Å². The average Bonchev–Trinajstić information content (AvgIpc) is 3.36. The molecule has 1 fully saturated rings. The van der Waals surface area contributed by atoms with Crippen LogP contribution < -0.4 is 5.32 Å². The van der Waals surface area contributed by atoms with Gasteiger partial charge in [-0.1, -0.05) is 48.5 Å². The maximum absolute atomic E-state index is 12.3. The Hall–Kier alpha value is -4.64. The SMILES string of the molecule is C=C(NCC1CN(C(=O)OC(C)(C)C)C1)c1nc(-c2ccc(C#N)cc2)c(-c2ccc(C)cc2)n2ccnc12. The fraction of sp³-hybridized carbons (Fsp3) is 0.290. The van der Waals surface area contributed by atoms with Crippen molar-refractivity contribution in [2.75, 3.05) is 19.6 Å². The molecule has 2 aromatic carbocycles. The predicted octanol–water partition coefficient (Wildman–Crippen LogP) is 5.67. The molecule has 1 aliphatic heterocycles. The van der Waals surface area contributed by atoms with Crippen molar-refractivity contribution in [3.8, 4) is 28.6 Å². The Kier molecular flexibility index (Phi) is 6.83. The number of carbonyl (C=O) groups is 1. The number of hydrogen-bond donors (Lipinski definition) is 1. The lowest BCUT2D eigenvalue weighted by atomic mass is 10.0. The number of carbonyl (C=O) groups excluding carboxylic acids is 1. The molecule has 0 atom stereocenters. The van der Waals surface area contributed by atoms with E-state index in [-0.39, 0.29) is 12.0 Å². The summed E-state index contributed by atoms with van der Waals surface area (Å²) >= 11 is 0. The second kappa shape index (κ2) is 10.3. The van der Waals surface area contributed by atoms with Gasteiger partial charge in [0.05, 0.1) is 28.7 Å². The molecule has 1 aliphatic rings. The van der Waals surface area contributed by atoms with Crippen LogP contribution in [0.15, 0.2) is 67.5 Å². The van der Waals surface area contributed by atoms with Gasteiger partial charge in [-0.3, -0.25) is 4.40 Å². The number of imidazole rings is 1. The quantitative estimate of drug-likeness (QED) is 0.352. The molecule has 8 nitrogen and oxygen atoms in total. The smallest absolute Gasteiger partial charge is 0.410 e. The Morgan fingerprint density at radius 1 is 1.13 bits per heavy atom. The Morgan fingerprint density at radius 2 is 1.79 bits per heavy atom. The van der Waals surface area contributed by atoms with Crippen molar-refractivity contribution < 1.29 is 9.53 Å². The second-order valence-corrected chi connectivity index (χ2v) is 10.9. The van der Waals surface area contributed by atoms with Gasteiger partial charge in [0.15, 0.2) is 5.65 Å². The van der Waals surface area contributed by atoms with Crippen molar-refractivity contribution in [3.05, 3.63) is 84.3 Å². The van der Waals surface area contributed by atoms with E-state index in [1.807, 2.05) is 43.5 Å². The maximum atomic E-state index is 12.3. The number of aryl methyl sites for hydroxylation is 1. The molecule has 1 saturated heterocycles. The minimum absolute atomic E-state index is 0.280. The van der Waals surface area contributed by atoms with Crippen LogP contribution in [0.4, 0.5) is 4.79 Å². The molecule has 3 heterocycles. The van der Waals surface area contributed by atoms with Gasteiger partial charge in [0.2, 0.25) is 0 Å². The van der Waals surface area contributed by atoms with E-state index in [1.165, 1.54) is 5.56 Å². The fourth-order valence-corrected chi connectivity index (χ4v) is 4.61. The van der Waals surface area contributed by atoms with Crippen molar-refractivity contribution in [2.45, 2.75) is 33.3 Å². The summed E-state index contributed by atoms with van der Waals surface area (Å²) < 4.78 is 7.50. The van der Waals surface area contributed by atoms with E-state index >= 15 is 0 Å². The molecule has 0 aliphatic carbocycles. The molecule has 198 valence electrons. The van der Waals surface area contributed by atoms with E-state index in [0.717, 1.165) is 22.5 Å². The standard InChI is InChI=1S/C31H32N6O2/c1-20-6-10-25(11-7-20)28-27(24-12-8-22(16-32)9-13-24)35-26(29-33-14-15-37(28)29)21(2)34-17-23-18-36(19-23)30(38)39-31(3,4)5/h6-15,23,34H,2,17-19H2,1,3-5H3. The van der Waals surface area contributed by atoms with Crippen LogP contribution in [0.5, 0.6) is 0 Å². The number of ether oxygens (including phenoxy) is 1. The Labute approximate surface area is 228 Å². The number of nitrogens with one attached hydrogen (secondary N) is 1. The number of amides is 1. The molecule has 1 N–H and O–H groups in total. The summed E-state index contributed by atoms with van der Waals surface area (Å²) in [4.78, 5) is 23.7. The minimum atomic E-state index is -0.507. The molecule has 2 aromatic heterocycles. The number of benzene rings is 2. The largest absolute Gasteiger partial charge is 0.444 e. The van der Waals surface area contributed by atoms with Crippen LogP contribution in [0.3, 0.4) is 0 Å². The summed E-state index contributed by atoms with van der Waals surface area (Å²) in [6.45, 7) is 13.9. The highest BCUT2D eigenvalue weighted by Gasteiger charge is 2.33. The number of likely N-dealkylation sites (tertiary alicyclic amines) is 1. The molecule has 0 saturated carbocycles. The molecule has 0 bridgehead atoms. The molecule has 0 radical (unpaired) electrons. The number of nitrogens with zero attached hydrogens (tertiary/aromatic N) is 5. The summed E-state index contributed by atoms with van der Waals surface area (Å²) in [6.07, 6.45) is 3.41. The average molecular weight is 521 g/mol. The lowest BCUT2D eigenvalue weighted by Gasteiger charge is -2.40. The first-order valence-corrected chi connectivity index (χ1v) is 13.0. The van der Waals surface area contributed by atoms with Crippen LogP contribution in [0.25, 0.3) is 33.9 Å². The van der Waals surface area contributed by atoms with Gasteiger partial charge in [0, 0.05) is 49.1 Å². The zero-order valence-electron chi connectivity index (χ0n) is 22.7. The third-order valence-corrected chi connectivity index (χ3v) is 6.65. The lowest BCUT2D eigenvalue weighted by Crippen LogP contribution is -2.54. The Bertz CT molecular complexity index is 1570. The third kappa shape index (κ3) is 5.48. The van der Waals surface area contributed by atoms with Gasteiger partial charge in [-0.05, 0) is 39.8 Å². The highest BCUT2D eigenvalue weighted by molar-refractivity contribution is 5.84. The maximum Gasteiger partial charge on any atom is 0.410 e. The first-order valence-electron chi connectivity index (χ1n) is 13.0. The van der Waals surface area contributed by atoms with E-state index in [1.54, 1.807) is 23.2 Å². The fourth-order valence-electron chi connectivity index (χ4n) is 4.61. The van der Waals surface area contributed by atoms with Crippen LogP contribution in [-0.2, 0) is 4.74 Å². The van der Waals surface area contributed by atoms with Crippen molar-refractivity contribution >= 4 is 17.4 Å². The van der Waals surface area contributed by atoms with E-state index in [2.05, 4.69) is 54.1 Å². The zero-order chi connectivity index (χ0) is 27.7. The molecular weight excluding hydrogens is 488 g/mol. The van der Waals surface area contributed by atoms with Gasteiger partial charge >= 0.3 is 6.09 Å². The Balaban J connectivity index is 1.43. The predicted molar refractivity (Wildman–Crippen MR) is 152 cm³/mol. The van der Waals surface area contributed by atoms with Crippen LogP contribution in [-0.4, -0.2) is 50.6 Å². The molecule has 0 unspecified atom stereocenters. The van der Waals surface area contributed by atoms with Gasteiger partial charge in [-0.15, -0.1) is 0 Å². The molecular formula is C31H32N6O2. The van der Waals surface area contributed by atoms with Crippen LogP contribution in [0, 0.1) is 24.2 Å². The van der Waals surface area contributed by atoms with E-state index in [4.69, 9.17) is 9.72 Å². The molecule has 8 heteroatoms. The number of nitriles is 1. The van der Waals surface area contributed by atoms with Crippen molar-refractivity contribution in [3.63, 3.8) is 0 Å². The van der Waals surface area contributed by atoms with Crippen LogP contribution >= 0.6 is 0 Å². The zero-order valence-corrected chi connectivity index (χ0v) is 22.7. The molecule has 4 aromatic rings. The monoisotopic (exact) mass is 520 g/mol. The summed E-state index contributed by atoms with van der Waals surface area (Å²) in [5.41, 5.74) is 6.85. The molecule has 5 rings (SSSR count). The lowest BCUT2D eigenvalue weighted by molar-refractivity contribution is -0.000276. The van der Waals surface area contributed by atoms with Crippen molar-refractivity contribution in [1.29, 1.82) is 5.26 Å². The minimum Gasteiger partial charge on any atom is -0.444 e. The van der Waals surface area contributed by atoms with Crippen LogP contribution in [0.2, 0.25) is 0 Å². The van der Waals surface area contributed by atoms with Crippen molar-refractivity contribution in [1.82, 2.24) is 24.6 Å². The number of aromatic nitrogens is 3. The second-order valence-electron chi connectivity index (χ2n) is 10.9. The highest BCUT2D eigenvalue weighted by Crippen LogP contribution is 2.34. The highest BCUT2D eigenvalue weighted by atomic mass is 16.6. The van der Waals surface area contributed by atoms with E-state index in [0.29, 0.717) is 42.2 Å². The summed E-state index contributed by atoms with van der Waals surface area (Å²) in [5.74, 6) is 0.287. The van der Waals surface area contributed by atoms with Crippen molar-refractivity contribution in [2.24, 2.45) is 5.92 Å². The van der Waals surface area contributed by atoms with E-state index in [9.17, 15) is 10.1 Å². The first kappa shape index (κ1) is 26.0. The molecule has 0 spiro atoms. The third-order valence-electron chi connectivity index (χ3n) is 6.65. The molecule has 1 amide bonds. The summed E-state index contributed by atoms with van der Waals surface area (Å²) in [7, 11) is 0. The Morgan fingerprint density at radius 3 is 2.44 bits per heavy atom. The normalized spacial score (nSPS) is 13.6. The number of rotatable bonds is 6. The number of hydrogen-bond acceptors (Lipinski definition) is 6. The number of fused-ring (bicyclic) bond motifs is 1. The van der Waals surface area contributed by atoms with Gasteiger partial charge < -0.3 is 15.0 Å². The van der Waals surface area contributed by atoms with Gasteiger partial charge in [0.1, 0.15) is 11.3 Å². The van der Waals surface area contributed by atoms with Gasteiger partial charge in [-0.25, -0.2) is 14.8 Å². The van der Waals surface area contributed by atoms with Crippen LogP contribution in [0.1, 0.15) is 37.6 Å². The van der Waals surface area contributed by atoms with Gasteiger partial charge in [-0.2, -0.15) is 5.26 Å². The first-order chi connectivity index (χ1) is 18.6. The topological polar surface area (TPSA) is 95.5 Å². The summed E-state index contributed by atoms with van der Waals surface area (Å²) in [5, 5.41) is 12.7.